The van der Waals surface area contributed by atoms with E-state index < -0.39 is 11.7 Å². The van der Waals surface area contributed by atoms with E-state index in [1.54, 1.807) is 30.3 Å². The van der Waals surface area contributed by atoms with Gasteiger partial charge in [-0.1, -0.05) is 39.0 Å². The Bertz CT molecular complexity index is 958. The molecule has 2 aromatic carbocycles. The normalized spacial score (nSPS) is 11.4. The predicted molar refractivity (Wildman–Crippen MR) is 98.3 cm³/mol. The van der Waals surface area contributed by atoms with Crippen LogP contribution in [0.5, 0.6) is 5.75 Å². The summed E-state index contributed by atoms with van der Waals surface area (Å²) in [7, 11) is 0. The number of para-hydroxylation sites is 1. The quantitative estimate of drug-likeness (QED) is 0.691. The number of anilines is 1. The van der Waals surface area contributed by atoms with Gasteiger partial charge in [-0.3, -0.25) is 4.79 Å². The van der Waals surface area contributed by atoms with E-state index in [1.807, 2.05) is 26.8 Å². The molecule has 134 valence electrons. The highest BCUT2D eigenvalue weighted by atomic mass is 19.1. The van der Waals surface area contributed by atoms with Crippen LogP contribution in [0.2, 0.25) is 0 Å². The first-order chi connectivity index (χ1) is 12.3. The minimum Gasteiger partial charge on any atom is -0.506 e. The molecule has 0 fully saturated rings. The molecule has 0 radical (unpaired) electrons. The molecule has 0 saturated carbocycles. The van der Waals surface area contributed by atoms with Gasteiger partial charge in [0.1, 0.15) is 17.3 Å². The fraction of sp³-hybridized carbons (Fsp3) is 0.200. The first-order valence-electron chi connectivity index (χ1n) is 8.21. The molecule has 3 rings (SSSR count). The van der Waals surface area contributed by atoms with Crippen molar-refractivity contribution in [1.29, 1.82) is 0 Å². The van der Waals surface area contributed by atoms with Gasteiger partial charge in [0.15, 0.2) is 5.69 Å². The fourth-order valence-electron chi connectivity index (χ4n) is 2.51. The largest absolute Gasteiger partial charge is 0.506 e. The number of halogens is 1. The average molecular weight is 353 g/mol. The van der Waals surface area contributed by atoms with Gasteiger partial charge in [0.2, 0.25) is 0 Å². The Balaban J connectivity index is 1.85. The summed E-state index contributed by atoms with van der Waals surface area (Å²) in [6, 6.07) is 12.8. The van der Waals surface area contributed by atoms with Crippen molar-refractivity contribution in [3.05, 3.63) is 71.8 Å². The van der Waals surface area contributed by atoms with E-state index in [0.29, 0.717) is 5.69 Å². The molecule has 1 amide bonds. The van der Waals surface area contributed by atoms with Crippen LogP contribution in [0.15, 0.2) is 54.7 Å². The summed E-state index contributed by atoms with van der Waals surface area (Å²) in [4.78, 5) is 12.5. The van der Waals surface area contributed by atoms with Gasteiger partial charge in [0.05, 0.1) is 5.69 Å². The summed E-state index contributed by atoms with van der Waals surface area (Å²) < 4.78 is 15.1. The van der Waals surface area contributed by atoms with E-state index in [2.05, 4.69) is 10.4 Å². The zero-order valence-corrected chi connectivity index (χ0v) is 14.8. The minimum atomic E-state index is -0.485. The van der Waals surface area contributed by atoms with Gasteiger partial charge in [-0.2, -0.15) is 5.10 Å². The number of hydrogen-bond donors (Lipinski definition) is 2. The van der Waals surface area contributed by atoms with Crippen molar-refractivity contribution in [3.8, 4) is 11.4 Å². The smallest absolute Gasteiger partial charge is 0.276 e. The molecule has 1 heterocycles. The van der Waals surface area contributed by atoms with Crippen molar-refractivity contribution >= 4 is 11.6 Å². The van der Waals surface area contributed by atoms with Gasteiger partial charge in [0, 0.05) is 6.20 Å². The van der Waals surface area contributed by atoms with Crippen LogP contribution in [0.4, 0.5) is 10.1 Å². The van der Waals surface area contributed by atoms with E-state index in [0.717, 1.165) is 5.56 Å². The number of amides is 1. The molecule has 0 atom stereocenters. The van der Waals surface area contributed by atoms with Crippen LogP contribution in [0.3, 0.4) is 0 Å². The zero-order valence-electron chi connectivity index (χ0n) is 14.8. The Hall–Kier alpha value is -3.15. The maximum atomic E-state index is 13.8. The second-order valence-electron chi connectivity index (χ2n) is 7.03. The molecule has 0 bridgehead atoms. The first kappa shape index (κ1) is 17.7. The number of benzene rings is 2. The van der Waals surface area contributed by atoms with E-state index in [-0.39, 0.29) is 22.5 Å². The first-order valence-corrected chi connectivity index (χ1v) is 8.21. The fourth-order valence-corrected chi connectivity index (χ4v) is 2.51. The molecule has 6 heteroatoms. The van der Waals surface area contributed by atoms with Gasteiger partial charge in [0.25, 0.3) is 5.91 Å². The molecule has 1 aromatic heterocycles. The molecule has 5 nitrogen and oxygen atoms in total. The molecule has 0 unspecified atom stereocenters. The highest BCUT2D eigenvalue weighted by Crippen LogP contribution is 2.31. The SMILES string of the molecule is CC(C)(C)c1ccc(O)c(NC(=O)c2ccn(-c3ccccc3F)n2)c1. The average Bonchev–Trinajstić information content (AvgIpc) is 3.06. The van der Waals surface area contributed by atoms with Crippen LogP contribution < -0.4 is 5.32 Å². The lowest BCUT2D eigenvalue weighted by Crippen LogP contribution is -2.15. The van der Waals surface area contributed by atoms with Gasteiger partial charge < -0.3 is 10.4 Å². The molecular weight excluding hydrogens is 333 g/mol. The molecule has 3 aromatic rings. The summed E-state index contributed by atoms with van der Waals surface area (Å²) in [5.74, 6) is -0.945. The lowest BCUT2D eigenvalue weighted by Gasteiger charge is -2.20. The number of carbonyl (C=O) groups excluding carboxylic acids is 1. The van der Waals surface area contributed by atoms with Gasteiger partial charge >= 0.3 is 0 Å². The second-order valence-corrected chi connectivity index (χ2v) is 7.03. The zero-order chi connectivity index (χ0) is 18.9. The molecule has 26 heavy (non-hydrogen) atoms. The third kappa shape index (κ3) is 3.59. The summed E-state index contributed by atoms with van der Waals surface area (Å²) in [5.41, 5.74) is 1.53. The number of nitrogens with zero attached hydrogens (tertiary/aromatic N) is 2. The Morgan fingerprint density at radius 2 is 1.88 bits per heavy atom. The van der Waals surface area contributed by atoms with Crippen LogP contribution in [-0.2, 0) is 5.41 Å². The monoisotopic (exact) mass is 353 g/mol. The maximum absolute atomic E-state index is 13.8. The Morgan fingerprint density at radius 3 is 2.58 bits per heavy atom. The summed E-state index contributed by atoms with van der Waals surface area (Å²) in [5, 5.41) is 16.8. The lowest BCUT2D eigenvalue weighted by molar-refractivity contribution is 0.102. The molecule has 0 spiro atoms. The van der Waals surface area contributed by atoms with Gasteiger partial charge in [-0.25, -0.2) is 9.07 Å². The van der Waals surface area contributed by atoms with E-state index in [1.165, 1.54) is 23.0 Å². The lowest BCUT2D eigenvalue weighted by atomic mass is 9.87. The number of aromatic nitrogens is 2. The molecule has 0 saturated heterocycles. The molecular formula is C20H20FN3O2. The van der Waals surface area contributed by atoms with Crippen molar-refractivity contribution in [3.63, 3.8) is 0 Å². The number of nitrogens with one attached hydrogen (secondary N) is 1. The van der Waals surface area contributed by atoms with E-state index in [9.17, 15) is 14.3 Å². The van der Waals surface area contributed by atoms with Crippen LogP contribution in [-0.4, -0.2) is 20.8 Å². The molecule has 0 aliphatic carbocycles. The number of aromatic hydroxyl groups is 1. The van der Waals surface area contributed by atoms with Crippen molar-refractivity contribution in [2.45, 2.75) is 26.2 Å². The second kappa shape index (κ2) is 6.63. The Kier molecular flexibility index (Phi) is 4.50. The van der Waals surface area contributed by atoms with Crippen LogP contribution in [0.1, 0.15) is 36.8 Å². The summed E-state index contributed by atoms with van der Waals surface area (Å²) in [6.45, 7) is 6.13. The maximum Gasteiger partial charge on any atom is 0.276 e. The minimum absolute atomic E-state index is 0.0279. The molecule has 0 aliphatic heterocycles. The van der Waals surface area contributed by atoms with Crippen molar-refractivity contribution in [2.24, 2.45) is 0 Å². The third-order valence-corrected chi connectivity index (χ3v) is 4.03. The van der Waals surface area contributed by atoms with Gasteiger partial charge in [-0.15, -0.1) is 0 Å². The van der Waals surface area contributed by atoms with Crippen molar-refractivity contribution < 1.29 is 14.3 Å². The van der Waals surface area contributed by atoms with Crippen molar-refractivity contribution in [2.75, 3.05) is 5.32 Å². The number of phenols is 1. The standard InChI is InChI=1S/C20H20FN3O2/c1-20(2,3)13-8-9-18(25)16(12-13)22-19(26)15-10-11-24(23-15)17-7-5-4-6-14(17)21/h4-12,25H,1-3H3,(H,22,26). The molecule has 2 N–H and O–H groups in total. The van der Waals surface area contributed by atoms with Crippen LogP contribution in [0, 0.1) is 5.82 Å². The third-order valence-electron chi connectivity index (χ3n) is 4.03. The van der Waals surface area contributed by atoms with Crippen LogP contribution >= 0.6 is 0 Å². The summed E-state index contributed by atoms with van der Waals surface area (Å²) >= 11 is 0. The van der Waals surface area contributed by atoms with Crippen LogP contribution in [0.25, 0.3) is 5.69 Å². The number of hydrogen-bond acceptors (Lipinski definition) is 3. The van der Waals surface area contributed by atoms with E-state index in [4.69, 9.17) is 0 Å². The number of rotatable bonds is 3. The predicted octanol–water partition coefficient (Wildman–Crippen LogP) is 4.27. The van der Waals surface area contributed by atoms with Gasteiger partial charge in [-0.05, 0) is 41.3 Å². The van der Waals surface area contributed by atoms with E-state index >= 15 is 0 Å². The number of phenolic OH excluding ortho intramolecular Hbond substituents is 1. The summed E-state index contributed by atoms with van der Waals surface area (Å²) in [6.07, 6.45) is 1.51. The molecule has 0 aliphatic rings. The topological polar surface area (TPSA) is 67.2 Å². The van der Waals surface area contributed by atoms with Crippen molar-refractivity contribution in [1.82, 2.24) is 9.78 Å². The number of carbonyl (C=O) groups is 1. The Morgan fingerprint density at radius 1 is 1.15 bits per heavy atom. The highest BCUT2D eigenvalue weighted by Gasteiger charge is 2.18. The Labute approximate surface area is 151 Å². The highest BCUT2D eigenvalue weighted by molar-refractivity contribution is 6.03.